The zero-order valence-electron chi connectivity index (χ0n) is 14.3. The van der Waals surface area contributed by atoms with Gasteiger partial charge in [0.2, 0.25) is 11.0 Å². The number of aromatic nitrogens is 2. The van der Waals surface area contributed by atoms with E-state index in [1.807, 2.05) is 6.92 Å². The topological polar surface area (TPSA) is 130 Å². The Morgan fingerprint density at radius 1 is 1.15 bits per heavy atom. The van der Waals surface area contributed by atoms with E-state index in [9.17, 15) is 18.0 Å². The Hall–Kier alpha value is -2.53. The molecule has 0 aliphatic heterocycles. The molecule has 0 atom stereocenters. The molecule has 3 N–H and O–H groups in total. The summed E-state index contributed by atoms with van der Waals surface area (Å²) in [5.74, 6) is -0.672. The van der Waals surface area contributed by atoms with Crippen molar-refractivity contribution in [1.82, 2.24) is 15.5 Å². The maximum absolute atomic E-state index is 12.5. The summed E-state index contributed by atoms with van der Waals surface area (Å²) in [4.78, 5) is 23.5. The molecule has 1 aromatic carbocycles. The monoisotopic (exact) mass is 397 g/mol. The smallest absolute Gasteiger partial charge is 0.291 e. The van der Waals surface area contributed by atoms with Crippen molar-refractivity contribution in [3.8, 4) is 0 Å². The molecule has 0 aliphatic carbocycles. The SMILES string of the molecule is CCCNC(=O)c1ccccc1NS(=O)(=O)c1nnc(NC(=O)CC)s1. The molecule has 1 heterocycles. The molecule has 0 unspecified atom stereocenters. The van der Waals surface area contributed by atoms with Gasteiger partial charge in [-0.2, -0.15) is 8.42 Å². The number of sulfonamides is 1. The first-order valence-corrected chi connectivity index (χ1v) is 10.2. The normalized spacial score (nSPS) is 11.0. The molecule has 0 spiro atoms. The largest absolute Gasteiger partial charge is 0.352 e. The Labute approximate surface area is 155 Å². The molecule has 0 saturated carbocycles. The van der Waals surface area contributed by atoms with Gasteiger partial charge in [0, 0.05) is 13.0 Å². The van der Waals surface area contributed by atoms with E-state index >= 15 is 0 Å². The Balaban J connectivity index is 2.22. The summed E-state index contributed by atoms with van der Waals surface area (Å²) in [6, 6.07) is 6.26. The fraction of sp³-hybridized carbons (Fsp3) is 0.333. The Kier molecular flexibility index (Phi) is 6.64. The van der Waals surface area contributed by atoms with Crippen LogP contribution in [0, 0.1) is 0 Å². The molecular formula is C15H19N5O4S2. The highest BCUT2D eigenvalue weighted by Gasteiger charge is 2.23. The van der Waals surface area contributed by atoms with E-state index in [1.54, 1.807) is 19.1 Å². The summed E-state index contributed by atoms with van der Waals surface area (Å²) < 4.78 is 27.1. The summed E-state index contributed by atoms with van der Waals surface area (Å²) in [6.07, 6.45) is 0.997. The molecular weight excluding hydrogens is 378 g/mol. The van der Waals surface area contributed by atoms with E-state index in [2.05, 4.69) is 25.6 Å². The second kappa shape index (κ2) is 8.72. The number of nitrogens with one attached hydrogen (secondary N) is 3. The summed E-state index contributed by atoms with van der Waals surface area (Å²) in [5, 5.41) is 12.5. The van der Waals surface area contributed by atoms with Crippen molar-refractivity contribution in [3.05, 3.63) is 29.8 Å². The number of hydrogen-bond donors (Lipinski definition) is 3. The lowest BCUT2D eigenvalue weighted by Gasteiger charge is -2.11. The van der Waals surface area contributed by atoms with Gasteiger partial charge >= 0.3 is 0 Å². The number of nitrogens with zero attached hydrogens (tertiary/aromatic N) is 2. The summed E-state index contributed by atoms with van der Waals surface area (Å²) in [6.45, 7) is 4.06. The molecule has 9 nitrogen and oxygen atoms in total. The van der Waals surface area contributed by atoms with E-state index in [-0.39, 0.29) is 39.0 Å². The van der Waals surface area contributed by atoms with Crippen LogP contribution in [0.15, 0.2) is 28.6 Å². The maximum atomic E-state index is 12.5. The van der Waals surface area contributed by atoms with E-state index in [0.29, 0.717) is 6.54 Å². The quantitative estimate of drug-likeness (QED) is 0.583. The first-order chi connectivity index (χ1) is 12.4. The molecule has 140 valence electrons. The van der Waals surface area contributed by atoms with E-state index < -0.39 is 10.0 Å². The van der Waals surface area contributed by atoms with Gasteiger partial charge in [0.25, 0.3) is 20.3 Å². The highest BCUT2D eigenvalue weighted by molar-refractivity contribution is 7.94. The van der Waals surface area contributed by atoms with Gasteiger partial charge in [-0.15, -0.1) is 10.2 Å². The van der Waals surface area contributed by atoms with Gasteiger partial charge in [0.1, 0.15) is 0 Å². The highest BCUT2D eigenvalue weighted by Crippen LogP contribution is 2.24. The standard InChI is InChI=1S/C15H19N5O4S2/c1-3-9-16-13(22)10-7-5-6-8-11(10)20-26(23,24)15-19-18-14(25-15)17-12(21)4-2/h5-8,20H,3-4,9H2,1-2H3,(H,16,22)(H,17,18,21). The van der Waals surface area contributed by atoms with Crippen molar-refractivity contribution in [2.24, 2.45) is 0 Å². The first-order valence-electron chi connectivity index (χ1n) is 7.90. The van der Waals surface area contributed by atoms with Gasteiger partial charge in [-0.05, 0) is 18.6 Å². The molecule has 0 aliphatic rings. The average Bonchev–Trinajstić information content (AvgIpc) is 3.09. The van der Waals surface area contributed by atoms with Gasteiger partial charge < -0.3 is 10.6 Å². The Bertz CT molecular complexity index is 895. The van der Waals surface area contributed by atoms with Crippen LogP contribution in [0.4, 0.5) is 10.8 Å². The second-order valence-corrected chi connectivity index (χ2v) is 8.02. The molecule has 2 aromatic rings. The Morgan fingerprint density at radius 3 is 2.58 bits per heavy atom. The number of carbonyl (C=O) groups excluding carboxylic acids is 2. The maximum Gasteiger partial charge on any atom is 0.291 e. The van der Waals surface area contributed by atoms with Crippen molar-refractivity contribution in [1.29, 1.82) is 0 Å². The predicted octanol–water partition coefficient (Wildman–Crippen LogP) is 1.83. The number of rotatable bonds is 8. The molecule has 2 amide bonds. The highest BCUT2D eigenvalue weighted by atomic mass is 32.2. The minimum absolute atomic E-state index is 0.0891. The average molecular weight is 397 g/mol. The van der Waals surface area contributed by atoms with Crippen LogP contribution in [-0.4, -0.2) is 37.0 Å². The third-order valence-corrected chi connectivity index (χ3v) is 5.73. The van der Waals surface area contributed by atoms with Crippen LogP contribution in [0.5, 0.6) is 0 Å². The van der Waals surface area contributed by atoms with Gasteiger partial charge in [0.15, 0.2) is 0 Å². The second-order valence-electron chi connectivity index (χ2n) is 5.18. The summed E-state index contributed by atoms with van der Waals surface area (Å²) >= 11 is 0.726. The molecule has 0 bridgehead atoms. The van der Waals surface area contributed by atoms with Gasteiger partial charge in [-0.1, -0.05) is 37.3 Å². The van der Waals surface area contributed by atoms with Crippen molar-refractivity contribution in [2.75, 3.05) is 16.6 Å². The number of amides is 2. The van der Waals surface area contributed by atoms with Gasteiger partial charge in [0.05, 0.1) is 11.3 Å². The fourth-order valence-electron chi connectivity index (χ4n) is 1.87. The van der Waals surface area contributed by atoms with Crippen molar-refractivity contribution < 1.29 is 18.0 Å². The fourth-order valence-corrected chi connectivity index (χ4v) is 3.87. The van der Waals surface area contributed by atoms with E-state index in [4.69, 9.17) is 0 Å². The number of hydrogen-bond acceptors (Lipinski definition) is 7. The van der Waals surface area contributed by atoms with Crippen molar-refractivity contribution in [2.45, 2.75) is 31.0 Å². The van der Waals surface area contributed by atoms with Crippen LogP contribution in [0.2, 0.25) is 0 Å². The van der Waals surface area contributed by atoms with Crippen LogP contribution in [0.1, 0.15) is 37.0 Å². The molecule has 0 fully saturated rings. The van der Waals surface area contributed by atoms with Gasteiger partial charge in [-0.25, -0.2) is 0 Å². The minimum atomic E-state index is -4.05. The number of anilines is 2. The molecule has 26 heavy (non-hydrogen) atoms. The first kappa shape index (κ1) is 19.8. The molecule has 0 saturated heterocycles. The van der Waals surface area contributed by atoms with Crippen LogP contribution >= 0.6 is 11.3 Å². The summed E-state index contributed by atoms with van der Waals surface area (Å²) in [7, 11) is -4.05. The zero-order valence-corrected chi connectivity index (χ0v) is 15.9. The van der Waals surface area contributed by atoms with Crippen LogP contribution < -0.4 is 15.4 Å². The van der Waals surface area contributed by atoms with Crippen molar-refractivity contribution >= 4 is 44.0 Å². The zero-order chi connectivity index (χ0) is 19.2. The van der Waals surface area contributed by atoms with Crippen LogP contribution in [-0.2, 0) is 14.8 Å². The van der Waals surface area contributed by atoms with E-state index in [1.165, 1.54) is 12.1 Å². The lowest BCUT2D eigenvalue weighted by Crippen LogP contribution is -2.25. The predicted molar refractivity (Wildman–Crippen MR) is 98.7 cm³/mol. The number of benzene rings is 1. The summed E-state index contributed by atoms with van der Waals surface area (Å²) in [5.41, 5.74) is 0.337. The van der Waals surface area contributed by atoms with E-state index in [0.717, 1.165) is 17.8 Å². The molecule has 1 aromatic heterocycles. The molecule has 2 rings (SSSR count). The third-order valence-electron chi connectivity index (χ3n) is 3.16. The number of para-hydroxylation sites is 1. The van der Waals surface area contributed by atoms with Crippen LogP contribution in [0.25, 0.3) is 0 Å². The van der Waals surface area contributed by atoms with Crippen molar-refractivity contribution in [3.63, 3.8) is 0 Å². The third kappa shape index (κ3) is 4.99. The van der Waals surface area contributed by atoms with Crippen LogP contribution in [0.3, 0.4) is 0 Å². The molecule has 0 radical (unpaired) electrons. The molecule has 11 heteroatoms. The lowest BCUT2D eigenvalue weighted by molar-refractivity contribution is -0.115. The van der Waals surface area contributed by atoms with Gasteiger partial charge in [-0.3, -0.25) is 14.3 Å². The Morgan fingerprint density at radius 2 is 1.88 bits per heavy atom. The number of carbonyl (C=O) groups is 2. The minimum Gasteiger partial charge on any atom is -0.352 e. The lowest BCUT2D eigenvalue weighted by atomic mass is 10.1.